The Labute approximate surface area is 119 Å². The van der Waals surface area contributed by atoms with Gasteiger partial charge in [0.25, 0.3) is 5.91 Å². The van der Waals surface area contributed by atoms with E-state index in [0.29, 0.717) is 22.9 Å². The zero-order valence-corrected chi connectivity index (χ0v) is 11.1. The van der Waals surface area contributed by atoms with Crippen LogP contribution in [0.2, 0.25) is 0 Å². The molecule has 0 aliphatic carbocycles. The molecule has 0 fully saturated rings. The zero-order valence-electron chi connectivity index (χ0n) is 11.1. The maximum absolute atomic E-state index is 13.3. The van der Waals surface area contributed by atoms with Gasteiger partial charge in [-0.25, -0.2) is 9.38 Å². The number of rotatable bonds is 3. The van der Waals surface area contributed by atoms with E-state index in [1.165, 1.54) is 37.6 Å². The maximum Gasteiger partial charge on any atom is 0.275 e. The SMILES string of the molecule is COc1ccc(F)cc1/C=C1/N=C(c2ccco2)NC1=O. The third-order valence-corrected chi connectivity index (χ3v) is 2.94. The minimum absolute atomic E-state index is 0.158. The van der Waals surface area contributed by atoms with Crippen molar-refractivity contribution in [3.63, 3.8) is 0 Å². The van der Waals surface area contributed by atoms with E-state index in [4.69, 9.17) is 9.15 Å². The Morgan fingerprint density at radius 1 is 1.38 bits per heavy atom. The van der Waals surface area contributed by atoms with Gasteiger partial charge in [0.2, 0.25) is 0 Å². The zero-order chi connectivity index (χ0) is 14.8. The number of ether oxygens (including phenoxy) is 1. The molecule has 0 saturated heterocycles. The van der Waals surface area contributed by atoms with Crippen LogP contribution >= 0.6 is 0 Å². The first-order valence-corrected chi connectivity index (χ1v) is 6.16. The lowest BCUT2D eigenvalue weighted by atomic mass is 10.1. The number of furan rings is 1. The number of nitrogens with zero attached hydrogens (tertiary/aromatic N) is 1. The van der Waals surface area contributed by atoms with Gasteiger partial charge in [-0.15, -0.1) is 0 Å². The minimum atomic E-state index is -0.420. The van der Waals surface area contributed by atoms with Gasteiger partial charge < -0.3 is 14.5 Å². The van der Waals surface area contributed by atoms with Gasteiger partial charge in [0, 0.05) is 5.56 Å². The Balaban J connectivity index is 2.00. The first-order chi connectivity index (χ1) is 10.2. The van der Waals surface area contributed by atoms with Gasteiger partial charge in [-0.05, 0) is 36.4 Å². The number of benzene rings is 1. The number of hydrogen-bond acceptors (Lipinski definition) is 4. The lowest BCUT2D eigenvalue weighted by Crippen LogP contribution is -2.24. The maximum atomic E-state index is 13.3. The second-order valence-corrected chi connectivity index (χ2v) is 4.31. The summed E-state index contributed by atoms with van der Waals surface area (Å²) < 4.78 is 23.6. The van der Waals surface area contributed by atoms with Crippen LogP contribution in [0.15, 0.2) is 51.7 Å². The third kappa shape index (κ3) is 2.55. The molecule has 21 heavy (non-hydrogen) atoms. The molecule has 0 saturated carbocycles. The molecule has 2 heterocycles. The predicted octanol–water partition coefficient (Wildman–Crippen LogP) is 2.34. The van der Waals surface area contributed by atoms with Gasteiger partial charge in [0.15, 0.2) is 11.6 Å². The molecule has 1 aromatic carbocycles. The van der Waals surface area contributed by atoms with E-state index in [2.05, 4.69) is 10.3 Å². The van der Waals surface area contributed by atoms with Gasteiger partial charge in [-0.1, -0.05) is 0 Å². The summed E-state index contributed by atoms with van der Waals surface area (Å²) in [7, 11) is 1.47. The van der Waals surface area contributed by atoms with Crippen molar-refractivity contribution in [3.05, 3.63) is 59.4 Å². The fourth-order valence-corrected chi connectivity index (χ4v) is 1.96. The summed E-state index contributed by atoms with van der Waals surface area (Å²) in [5, 5.41) is 2.59. The Bertz CT molecular complexity index is 748. The summed E-state index contributed by atoms with van der Waals surface area (Å²) in [6, 6.07) is 7.44. The summed E-state index contributed by atoms with van der Waals surface area (Å²) in [6.45, 7) is 0. The number of amides is 1. The van der Waals surface area contributed by atoms with E-state index < -0.39 is 5.82 Å². The Morgan fingerprint density at radius 2 is 2.24 bits per heavy atom. The van der Waals surface area contributed by atoms with Crippen molar-refractivity contribution in [2.45, 2.75) is 0 Å². The largest absolute Gasteiger partial charge is 0.496 e. The van der Waals surface area contributed by atoms with Gasteiger partial charge in [-0.2, -0.15) is 0 Å². The number of halogens is 1. The van der Waals surface area contributed by atoms with Gasteiger partial charge in [0.1, 0.15) is 17.3 Å². The number of hydrogen-bond donors (Lipinski definition) is 1. The topological polar surface area (TPSA) is 63.8 Å². The molecule has 0 spiro atoms. The van der Waals surface area contributed by atoms with E-state index in [-0.39, 0.29) is 11.6 Å². The minimum Gasteiger partial charge on any atom is -0.496 e. The third-order valence-electron chi connectivity index (χ3n) is 2.94. The summed E-state index contributed by atoms with van der Waals surface area (Å²) in [6.07, 6.45) is 2.95. The Hall–Kier alpha value is -2.89. The van der Waals surface area contributed by atoms with Crippen LogP contribution in [0, 0.1) is 5.82 Å². The molecular weight excluding hydrogens is 275 g/mol. The molecule has 0 radical (unpaired) electrons. The van der Waals surface area contributed by atoms with Gasteiger partial charge in [0.05, 0.1) is 13.4 Å². The lowest BCUT2D eigenvalue weighted by molar-refractivity contribution is -0.115. The molecule has 3 rings (SSSR count). The molecule has 1 aromatic heterocycles. The average Bonchev–Trinajstić information content (AvgIpc) is 3.10. The number of methoxy groups -OCH3 is 1. The normalized spacial score (nSPS) is 16.0. The van der Waals surface area contributed by atoms with Gasteiger partial charge >= 0.3 is 0 Å². The molecule has 0 bridgehead atoms. The van der Waals surface area contributed by atoms with Crippen molar-refractivity contribution >= 4 is 17.8 Å². The van der Waals surface area contributed by atoms with Crippen molar-refractivity contribution in [2.24, 2.45) is 4.99 Å². The van der Waals surface area contributed by atoms with Crippen LogP contribution in [0.25, 0.3) is 6.08 Å². The summed E-state index contributed by atoms with van der Waals surface area (Å²) >= 11 is 0. The highest BCUT2D eigenvalue weighted by atomic mass is 19.1. The number of aliphatic imine (C=N–C) groups is 1. The standard InChI is InChI=1S/C15H11FN2O3/c1-20-12-5-4-10(16)7-9(12)8-11-15(19)18-14(17-11)13-3-2-6-21-13/h2-8H,1H3,(H,17,18,19)/b11-8+. The lowest BCUT2D eigenvalue weighted by Gasteiger charge is -2.04. The molecule has 106 valence electrons. The highest BCUT2D eigenvalue weighted by Crippen LogP contribution is 2.24. The fraction of sp³-hybridized carbons (Fsp3) is 0.0667. The molecule has 1 N–H and O–H groups in total. The van der Waals surface area contributed by atoms with Crippen LogP contribution in [0.4, 0.5) is 4.39 Å². The van der Waals surface area contributed by atoms with E-state index >= 15 is 0 Å². The number of nitrogens with one attached hydrogen (secondary N) is 1. The highest BCUT2D eigenvalue weighted by Gasteiger charge is 2.23. The van der Waals surface area contributed by atoms with E-state index in [1.54, 1.807) is 12.1 Å². The summed E-state index contributed by atoms with van der Waals surface area (Å²) in [4.78, 5) is 16.1. The Kier molecular flexibility index (Phi) is 3.27. The molecular formula is C15H11FN2O3. The first-order valence-electron chi connectivity index (χ1n) is 6.16. The van der Waals surface area contributed by atoms with Gasteiger partial charge in [-0.3, -0.25) is 4.79 Å². The molecule has 1 aliphatic heterocycles. The van der Waals surface area contributed by atoms with Crippen LogP contribution < -0.4 is 10.1 Å². The number of carbonyl (C=O) groups excluding carboxylic acids is 1. The monoisotopic (exact) mass is 286 g/mol. The second kappa shape index (κ2) is 5.24. The van der Waals surface area contributed by atoms with Crippen LogP contribution in [-0.2, 0) is 4.79 Å². The van der Waals surface area contributed by atoms with Crippen molar-refractivity contribution < 1.29 is 18.3 Å². The summed E-state index contributed by atoms with van der Waals surface area (Å²) in [5.74, 6) is 0.437. The Morgan fingerprint density at radius 3 is 2.95 bits per heavy atom. The van der Waals surface area contributed by atoms with Crippen molar-refractivity contribution in [3.8, 4) is 5.75 Å². The van der Waals surface area contributed by atoms with E-state index in [9.17, 15) is 9.18 Å². The molecule has 0 unspecified atom stereocenters. The smallest absolute Gasteiger partial charge is 0.275 e. The van der Waals surface area contributed by atoms with E-state index in [0.717, 1.165) is 0 Å². The van der Waals surface area contributed by atoms with Crippen LogP contribution in [0.1, 0.15) is 11.3 Å². The number of amidine groups is 1. The summed E-state index contributed by atoms with van der Waals surface area (Å²) in [5.41, 5.74) is 0.595. The molecule has 1 amide bonds. The van der Waals surface area contributed by atoms with Crippen molar-refractivity contribution in [2.75, 3.05) is 7.11 Å². The van der Waals surface area contributed by atoms with Crippen molar-refractivity contribution in [1.82, 2.24) is 5.32 Å². The molecule has 5 nitrogen and oxygen atoms in total. The molecule has 0 atom stereocenters. The van der Waals surface area contributed by atoms with Crippen LogP contribution in [0.3, 0.4) is 0 Å². The highest BCUT2D eigenvalue weighted by molar-refractivity contribution is 6.19. The number of carbonyl (C=O) groups is 1. The second-order valence-electron chi connectivity index (χ2n) is 4.31. The molecule has 6 heteroatoms. The van der Waals surface area contributed by atoms with E-state index in [1.807, 2.05) is 0 Å². The van der Waals surface area contributed by atoms with Crippen molar-refractivity contribution in [1.29, 1.82) is 0 Å². The predicted molar refractivity (Wildman–Crippen MR) is 74.3 cm³/mol. The molecule has 1 aliphatic rings. The molecule has 2 aromatic rings. The quantitative estimate of drug-likeness (QED) is 0.881. The van der Waals surface area contributed by atoms with Crippen LogP contribution in [0.5, 0.6) is 5.75 Å². The fourth-order valence-electron chi connectivity index (χ4n) is 1.96. The van der Waals surface area contributed by atoms with Crippen LogP contribution in [-0.4, -0.2) is 18.9 Å². The average molecular weight is 286 g/mol. The first kappa shape index (κ1) is 13.1.